The normalized spacial score (nSPS) is 17.8. The van der Waals surface area contributed by atoms with E-state index >= 15 is 0 Å². The smallest absolute Gasteiger partial charge is 0.383 e. The fraction of sp³-hybridized carbons (Fsp3) is 0.393. The van der Waals surface area contributed by atoms with Gasteiger partial charge in [-0.05, 0) is 38.0 Å². The van der Waals surface area contributed by atoms with Gasteiger partial charge in [0.1, 0.15) is 11.8 Å². The third-order valence-electron chi connectivity index (χ3n) is 7.85. The first-order valence-corrected chi connectivity index (χ1v) is 13.5. The van der Waals surface area contributed by atoms with E-state index in [0.717, 1.165) is 4.68 Å². The fourth-order valence-corrected chi connectivity index (χ4v) is 5.44. The van der Waals surface area contributed by atoms with Crippen LogP contribution in [0.25, 0.3) is 10.9 Å². The Hall–Kier alpha value is -4.02. The van der Waals surface area contributed by atoms with E-state index in [0.29, 0.717) is 58.9 Å². The SMILES string of the molecule is Cc1nc(F)ccc1C(Nc1cc(Cl)c2ncc(C#N)c(NCC3(C)COC3)c2c1)c1cn(C2(C(F)(F)F)CC2)nn1. The number of alkyl halides is 3. The van der Waals surface area contributed by atoms with Crippen molar-refractivity contribution in [1.82, 2.24) is 25.0 Å². The monoisotopic (exact) mass is 600 g/mol. The molecule has 4 heterocycles. The summed E-state index contributed by atoms with van der Waals surface area (Å²) in [4.78, 5) is 8.28. The molecule has 4 aromatic rings. The maximum atomic E-state index is 13.9. The molecule has 9 nitrogen and oxygen atoms in total. The van der Waals surface area contributed by atoms with Crippen LogP contribution in [0.5, 0.6) is 0 Å². The van der Waals surface area contributed by atoms with Crippen LogP contribution in [-0.2, 0) is 10.3 Å². The van der Waals surface area contributed by atoms with Gasteiger partial charge in [-0.3, -0.25) is 4.98 Å². The molecule has 42 heavy (non-hydrogen) atoms. The summed E-state index contributed by atoms with van der Waals surface area (Å²) < 4.78 is 61.6. The maximum Gasteiger partial charge on any atom is 0.413 e. The van der Waals surface area contributed by atoms with E-state index < -0.39 is 23.7 Å². The number of nitriles is 1. The van der Waals surface area contributed by atoms with Gasteiger partial charge in [-0.15, -0.1) is 5.10 Å². The van der Waals surface area contributed by atoms with Crippen LogP contribution < -0.4 is 10.6 Å². The van der Waals surface area contributed by atoms with E-state index in [1.807, 2.05) is 0 Å². The van der Waals surface area contributed by atoms with Gasteiger partial charge in [-0.2, -0.15) is 22.8 Å². The Morgan fingerprint density at radius 1 is 1.24 bits per heavy atom. The Morgan fingerprint density at radius 2 is 2.00 bits per heavy atom. The molecule has 14 heteroatoms. The van der Waals surface area contributed by atoms with Crippen LogP contribution in [0.15, 0.2) is 36.7 Å². The van der Waals surface area contributed by atoms with Crippen molar-refractivity contribution in [2.45, 2.75) is 44.4 Å². The molecule has 1 aliphatic carbocycles. The highest BCUT2D eigenvalue weighted by molar-refractivity contribution is 6.35. The lowest BCUT2D eigenvalue weighted by molar-refractivity contribution is -0.182. The largest absolute Gasteiger partial charge is 0.413 e. The molecule has 3 aromatic heterocycles. The van der Waals surface area contributed by atoms with Crippen molar-refractivity contribution in [3.63, 3.8) is 0 Å². The van der Waals surface area contributed by atoms with Crippen LogP contribution in [-0.4, -0.2) is 50.9 Å². The van der Waals surface area contributed by atoms with Crippen LogP contribution >= 0.6 is 11.6 Å². The summed E-state index contributed by atoms with van der Waals surface area (Å²) in [7, 11) is 0. The number of halogens is 5. The summed E-state index contributed by atoms with van der Waals surface area (Å²) >= 11 is 6.66. The molecular weight excluding hydrogens is 576 g/mol. The zero-order valence-electron chi connectivity index (χ0n) is 22.6. The number of aromatic nitrogens is 5. The van der Waals surface area contributed by atoms with E-state index in [2.05, 4.69) is 43.9 Å². The van der Waals surface area contributed by atoms with Crippen LogP contribution in [0.1, 0.15) is 48.3 Å². The quantitative estimate of drug-likeness (QED) is 0.190. The van der Waals surface area contributed by atoms with Crippen molar-refractivity contribution < 1.29 is 22.3 Å². The molecule has 2 aliphatic rings. The minimum Gasteiger partial charge on any atom is -0.383 e. The number of hydrogen-bond donors (Lipinski definition) is 2. The number of nitrogens with zero attached hydrogens (tertiary/aromatic N) is 6. The molecule has 1 unspecified atom stereocenters. The standard InChI is InChI=1S/C28H25ClF4N8O/c1-15-18(3-4-22(30)37-15)25(21-11-41(40-39-21)27(5-6-27)28(31,32)33)38-17-7-19-23(36-12-26(2)13-42-14-26)16(9-34)10-35-24(19)20(29)8-17/h3-4,7-8,10-11,25,38H,5-6,12-14H2,1-2H3,(H,35,36). The molecule has 1 aromatic carbocycles. The van der Waals surface area contributed by atoms with Crippen molar-refractivity contribution in [1.29, 1.82) is 5.26 Å². The highest BCUT2D eigenvalue weighted by atomic mass is 35.5. The molecule has 2 N–H and O–H groups in total. The second-order valence-electron chi connectivity index (χ2n) is 11.2. The van der Waals surface area contributed by atoms with Gasteiger partial charge in [0.05, 0.1) is 47.2 Å². The molecule has 0 radical (unpaired) electrons. The Bertz CT molecular complexity index is 1730. The number of nitrogens with one attached hydrogen (secondary N) is 2. The van der Waals surface area contributed by atoms with Gasteiger partial charge in [-0.25, -0.2) is 9.67 Å². The van der Waals surface area contributed by atoms with E-state index in [1.54, 1.807) is 19.1 Å². The van der Waals surface area contributed by atoms with E-state index in [4.69, 9.17) is 16.3 Å². The number of fused-ring (bicyclic) bond motifs is 1. The average molecular weight is 601 g/mol. The molecule has 1 saturated heterocycles. The Kier molecular flexibility index (Phi) is 6.74. The van der Waals surface area contributed by atoms with Crippen LogP contribution in [0, 0.1) is 29.6 Å². The Labute approximate surface area is 242 Å². The minimum atomic E-state index is -4.49. The number of pyridine rings is 2. The number of hydrogen-bond acceptors (Lipinski definition) is 8. The van der Waals surface area contributed by atoms with Gasteiger partial charge in [-0.1, -0.05) is 29.8 Å². The molecule has 218 valence electrons. The van der Waals surface area contributed by atoms with Crippen LogP contribution in [0.3, 0.4) is 0 Å². The molecule has 1 atom stereocenters. The summed E-state index contributed by atoms with van der Waals surface area (Å²) in [5.41, 5.74) is 0.582. The molecule has 0 spiro atoms. The van der Waals surface area contributed by atoms with Gasteiger partial charge in [0.15, 0.2) is 5.54 Å². The third-order valence-corrected chi connectivity index (χ3v) is 8.14. The second kappa shape index (κ2) is 10.1. The summed E-state index contributed by atoms with van der Waals surface area (Å²) in [6.07, 6.45) is -1.97. The first-order chi connectivity index (χ1) is 19.9. The fourth-order valence-electron chi connectivity index (χ4n) is 5.18. The third kappa shape index (κ3) is 4.88. The summed E-state index contributed by atoms with van der Waals surface area (Å²) in [6.45, 7) is 5.38. The van der Waals surface area contributed by atoms with Crippen LogP contribution in [0.4, 0.5) is 28.9 Å². The minimum absolute atomic E-state index is 0.0933. The van der Waals surface area contributed by atoms with E-state index in [-0.39, 0.29) is 29.0 Å². The molecule has 1 saturated carbocycles. The topological polar surface area (TPSA) is 114 Å². The first-order valence-electron chi connectivity index (χ1n) is 13.2. The summed E-state index contributed by atoms with van der Waals surface area (Å²) in [5.74, 6) is -0.696. The van der Waals surface area contributed by atoms with Gasteiger partial charge in [0, 0.05) is 40.5 Å². The molecule has 6 rings (SSSR count). The highest BCUT2D eigenvalue weighted by Crippen LogP contribution is 2.55. The Morgan fingerprint density at radius 3 is 2.62 bits per heavy atom. The maximum absolute atomic E-state index is 13.9. The lowest BCUT2D eigenvalue weighted by atomic mass is 9.88. The van der Waals surface area contributed by atoms with Crippen molar-refractivity contribution in [2.75, 3.05) is 30.4 Å². The number of aryl methyl sites for hydroxylation is 1. The van der Waals surface area contributed by atoms with E-state index in [1.165, 1.54) is 24.5 Å². The zero-order chi connectivity index (χ0) is 29.9. The lowest BCUT2D eigenvalue weighted by Gasteiger charge is -2.38. The molecule has 0 bridgehead atoms. The summed E-state index contributed by atoms with van der Waals surface area (Å²) in [6, 6.07) is 7.34. The van der Waals surface area contributed by atoms with Gasteiger partial charge in [0.2, 0.25) is 5.95 Å². The summed E-state index contributed by atoms with van der Waals surface area (Å²) in [5, 5.41) is 25.2. The zero-order valence-corrected chi connectivity index (χ0v) is 23.3. The molecular formula is C28H25ClF4N8O. The Balaban J connectivity index is 1.42. The second-order valence-corrected chi connectivity index (χ2v) is 11.6. The predicted octanol–water partition coefficient (Wildman–Crippen LogP) is 5.90. The van der Waals surface area contributed by atoms with Gasteiger partial charge < -0.3 is 15.4 Å². The van der Waals surface area contributed by atoms with Gasteiger partial charge >= 0.3 is 6.18 Å². The number of ether oxygens (including phenoxy) is 1. The van der Waals surface area contributed by atoms with Gasteiger partial charge in [0.25, 0.3) is 0 Å². The molecule has 0 amide bonds. The molecule has 1 aliphatic heterocycles. The van der Waals surface area contributed by atoms with E-state index in [9.17, 15) is 22.8 Å². The van der Waals surface area contributed by atoms with Crippen molar-refractivity contribution in [3.05, 3.63) is 70.1 Å². The highest BCUT2D eigenvalue weighted by Gasteiger charge is 2.66. The average Bonchev–Trinajstić information content (AvgIpc) is 3.61. The predicted molar refractivity (Wildman–Crippen MR) is 147 cm³/mol. The van der Waals surface area contributed by atoms with Crippen molar-refractivity contribution in [3.8, 4) is 6.07 Å². The number of rotatable bonds is 8. The van der Waals surface area contributed by atoms with Crippen molar-refractivity contribution in [2.24, 2.45) is 5.41 Å². The van der Waals surface area contributed by atoms with Crippen molar-refractivity contribution >= 4 is 33.9 Å². The van der Waals surface area contributed by atoms with Crippen LogP contribution in [0.2, 0.25) is 5.02 Å². The number of benzene rings is 1. The number of anilines is 2. The first kappa shape index (κ1) is 28.1. The lowest BCUT2D eigenvalue weighted by Crippen LogP contribution is -2.45. The molecule has 2 fully saturated rings.